The number of hydrogen-bond donors (Lipinski definition) is 1. The molecule has 0 radical (unpaired) electrons. The molecule has 0 bridgehead atoms. The van der Waals surface area contributed by atoms with Gasteiger partial charge in [0.2, 0.25) is 11.8 Å². The summed E-state index contributed by atoms with van der Waals surface area (Å²) < 4.78 is 5.12. The quantitative estimate of drug-likeness (QED) is 0.718. The zero-order valence-corrected chi connectivity index (χ0v) is 16.5. The molecule has 0 aromatic heterocycles. The van der Waals surface area contributed by atoms with Gasteiger partial charge in [-0.15, -0.1) is 0 Å². The lowest BCUT2D eigenvalue weighted by atomic mass is 10.1. The summed E-state index contributed by atoms with van der Waals surface area (Å²) in [6, 6.07) is 15.2. The van der Waals surface area contributed by atoms with Crippen molar-refractivity contribution in [1.29, 1.82) is 0 Å². The van der Waals surface area contributed by atoms with E-state index in [0.717, 1.165) is 23.3 Å². The maximum Gasteiger partial charge on any atom is 0.239 e. The molecule has 5 nitrogen and oxygen atoms in total. The zero-order valence-electron chi connectivity index (χ0n) is 15.7. The van der Waals surface area contributed by atoms with Crippen LogP contribution in [0.4, 0.5) is 0 Å². The van der Waals surface area contributed by atoms with E-state index in [-0.39, 0.29) is 18.4 Å². The number of methoxy groups -OCH3 is 1. The third-order valence-electron chi connectivity index (χ3n) is 4.23. The number of carbonyl (C=O) groups excluding carboxylic acids is 2. The second-order valence-corrected chi connectivity index (χ2v) is 6.70. The Labute approximate surface area is 165 Å². The van der Waals surface area contributed by atoms with Crippen molar-refractivity contribution in [3.05, 3.63) is 64.7 Å². The van der Waals surface area contributed by atoms with E-state index in [9.17, 15) is 9.59 Å². The molecule has 0 aliphatic carbocycles. The van der Waals surface area contributed by atoms with Gasteiger partial charge in [0.1, 0.15) is 5.75 Å². The van der Waals surface area contributed by atoms with Crippen molar-refractivity contribution < 1.29 is 14.3 Å². The Morgan fingerprint density at radius 3 is 2.44 bits per heavy atom. The van der Waals surface area contributed by atoms with E-state index in [1.807, 2.05) is 48.5 Å². The smallest absolute Gasteiger partial charge is 0.239 e. The van der Waals surface area contributed by atoms with Gasteiger partial charge in [-0.25, -0.2) is 0 Å². The molecule has 2 amide bonds. The van der Waals surface area contributed by atoms with Crippen LogP contribution < -0.4 is 10.1 Å². The van der Waals surface area contributed by atoms with Crippen LogP contribution in [0.2, 0.25) is 5.02 Å². The Morgan fingerprint density at radius 2 is 1.81 bits per heavy atom. The van der Waals surface area contributed by atoms with Crippen LogP contribution in [-0.2, 0) is 22.4 Å². The summed E-state index contributed by atoms with van der Waals surface area (Å²) in [5.41, 5.74) is 2.15. The fraction of sp³-hybridized carbons (Fsp3) is 0.333. The van der Waals surface area contributed by atoms with Crippen LogP contribution in [0.5, 0.6) is 5.75 Å². The van der Waals surface area contributed by atoms with Crippen molar-refractivity contribution in [3.8, 4) is 5.75 Å². The lowest BCUT2D eigenvalue weighted by Gasteiger charge is -2.20. The van der Waals surface area contributed by atoms with Crippen LogP contribution in [0.25, 0.3) is 0 Å². The first-order chi connectivity index (χ1) is 13.0. The summed E-state index contributed by atoms with van der Waals surface area (Å²) in [5.74, 6) is 0.520. The highest BCUT2D eigenvalue weighted by Gasteiger charge is 2.13. The predicted molar refractivity (Wildman–Crippen MR) is 107 cm³/mol. The molecule has 0 saturated carbocycles. The molecule has 6 heteroatoms. The number of nitrogens with zero attached hydrogens (tertiary/aromatic N) is 1. The largest absolute Gasteiger partial charge is 0.497 e. The summed E-state index contributed by atoms with van der Waals surface area (Å²) >= 11 is 5.98. The standard InChI is InChI=1S/C21H25ClN2O3/c1-16(25)24(13-11-18-4-3-5-19(22)14-18)15-21(26)23-12-10-17-6-8-20(27-2)9-7-17/h3-9,14H,10-13,15H2,1-2H3,(H,23,26). The van der Waals surface area contributed by atoms with Crippen LogP contribution in [-0.4, -0.2) is 43.5 Å². The van der Waals surface area contributed by atoms with Gasteiger partial charge in [-0.3, -0.25) is 9.59 Å². The number of rotatable bonds is 9. The van der Waals surface area contributed by atoms with Gasteiger partial charge in [-0.05, 0) is 48.2 Å². The fourth-order valence-electron chi connectivity index (χ4n) is 2.67. The lowest BCUT2D eigenvalue weighted by Crippen LogP contribution is -2.41. The molecule has 144 valence electrons. The van der Waals surface area contributed by atoms with Gasteiger partial charge in [0.25, 0.3) is 0 Å². The van der Waals surface area contributed by atoms with Crippen LogP contribution >= 0.6 is 11.6 Å². The Bertz CT molecular complexity index is 762. The van der Waals surface area contributed by atoms with Crippen LogP contribution in [0, 0.1) is 0 Å². The number of amides is 2. The Balaban J connectivity index is 1.77. The average molecular weight is 389 g/mol. The summed E-state index contributed by atoms with van der Waals surface area (Å²) in [7, 11) is 1.63. The maximum atomic E-state index is 12.2. The topological polar surface area (TPSA) is 58.6 Å². The number of ether oxygens (including phenoxy) is 1. The Morgan fingerprint density at radius 1 is 1.07 bits per heavy atom. The van der Waals surface area contributed by atoms with Gasteiger partial charge in [0.05, 0.1) is 13.7 Å². The molecule has 0 unspecified atom stereocenters. The minimum atomic E-state index is -0.162. The predicted octanol–water partition coefficient (Wildman–Crippen LogP) is 3.10. The molecule has 0 fully saturated rings. The number of halogens is 1. The first-order valence-corrected chi connectivity index (χ1v) is 9.25. The van der Waals surface area contributed by atoms with Gasteiger partial charge in [0, 0.05) is 25.0 Å². The summed E-state index contributed by atoms with van der Waals surface area (Å²) in [4.78, 5) is 25.5. The van der Waals surface area contributed by atoms with Crippen LogP contribution in [0.15, 0.2) is 48.5 Å². The van der Waals surface area contributed by atoms with Crippen molar-refractivity contribution >= 4 is 23.4 Å². The van der Waals surface area contributed by atoms with Gasteiger partial charge >= 0.3 is 0 Å². The molecule has 2 aromatic carbocycles. The molecule has 0 aliphatic heterocycles. The average Bonchev–Trinajstić information content (AvgIpc) is 2.65. The van der Waals surface area contributed by atoms with Crippen LogP contribution in [0.3, 0.4) is 0 Å². The fourth-order valence-corrected chi connectivity index (χ4v) is 2.88. The summed E-state index contributed by atoms with van der Waals surface area (Å²) in [6.07, 6.45) is 1.37. The monoisotopic (exact) mass is 388 g/mol. The first kappa shape index (κ1) is 20.8. The van der Waals surface area contributed by atoms with E-state index >= 15 is 0 Å². The van der Waals surface area contributed by atoms with Crippen molar-refractivity contribution in [2.75, 3.05) is 26.7 Å². The first-order valence-electron chi connectivity index (χ1n) is 8.87. The molecule has 0 heterocycles. The Hall–Kier alpha value is -2.53. The van der Waals surface area contributed by atoms with Gasteiger partial charge < -0.3 is 15.0 Å². The third kappa shape index (κ3) is 7.31. The van der Waals surface area contributed by atoms with E-state index < -0.39 is 0 Å². The number of nitrogens with one attached hydrogen (secondary N) is 1. The highest BCUT2D eigenvalue weighted by molar-refractivity contribution is 6.30. The van der Waals surface area contributed by atoms with E-state index in [1.165, 1.54) is 6.92 Å². The number of benzene rings is 2. The zero-order chi connectivity index (χ0) is 19.6. The van der Waals surface area contributed by atoms with E-state index in [2.05, 4.69) is 5.32 Å². The molecule has 2 aromatic rings. The Kier molecular flexibility index (Phi) is 8.14. The molecule has 0 spiro atoms. The van der Waals surface area contributed by atoms with E-state index in [1.54, 1.807) is 12.0 Å². The molecular formula is C21H25ClN2O3. The molecule has 0 aliphatic rings. The van der Waals surface area contributed by atoms with E-state index in [0.29, 0.717) is 24.5 Å². The third-order valence-corrected chi connectivity index (χ3v) is 4.47. The van der Waals surface area contributed by atoms with Crippen molar-refractivity contribution in [3.63, 3.8) is 0 Å². The lowest BCUT2D eigenvalue weighted by molar-refractivity contribution is -0.134. The molecule has 0 saturated heterocycles. The second-order valence-electron chi connectivity index (χ2n) is 6.27. The summed E-state index contributed by atoms with van der Waals surface area (Å²) in [5, 5.41) is 3.53. The second kappa shape index (κ2) is 10.6. The normalized spacial score (nSPS) is 10.3. The SMILES string of the molecule is COc1ccc(CCNC(=O)CN(CCc2cccc(Cl)c2)C(C)=O)cc1. The van der Waals surface area contributed by atoms with Crippen LogP contribution in [0.1, 0.15) is 18.1 Å². The maximum absolute atomic E-state index is 12.2. The molecule has 2 rings (SSSR count). The van der Waals surface area contributed by atoms with E-state index in [4.69, 9.17) is 16.3 Å². The molecule has 1 N–H and O–H groups in total. The van der Waals surface area contributed by atoms with Crippen molar-refractivity contribution in [2.24, 2.45) is 0 Å². The molecule has 27 heavy (non-hydrogen) atoms. The summed E-state index contributed by atoms with van der Waals surface area (Å²) in [6.45, 7) is 2.52. The van der Waals surface area contributed by atoms with Gasteiger partial charge in [0.15, 0.2) is 0 Å². The highest BCUT2D eigenvalue weighted by atomic mass is 35.5. The molecule has 0 atom stereocenters. The molecular weight excluding hydrogens is 364 g/mol. The highest BCUT2D eigenvalue weighted by Crippen LogP contribution is 2.12. The van der Waals surface area contributed by atoms with Crippen molar-refractivity contribution in [1.82, 2.24) is 10.2 Å². The van der Waals surface area contributed by atoms with Crippen molar-refractivity contribution in [2.45, 2.75) is 19.8 Å². The minimum absolute atomic E-state index is 0.0541. The van der Waals surface area contributed by atoms with Gasteiger partial charge in [-0.1, -0.05) is 35.9 Å². The minimum Gasteiger partial charge on any atom is -0.497 e. The number of hydrogen-bond acceptors (Lipinski definition) is 3. The number of carbonyl (C=O) groups is 2. The van der Waals surface area contributed by atoms with Gasteiger partial charge in [-0.2, -0.15) is 0 Å².